The van der Waals surface area contributed by atoms with Crippen LogP contribution in [-0.2, 0) is 27.7 Å². The summed E-state index contributed by atoms with van der Waals surface area (Å²) in [4.78, 5) is 13.1. The molecule has 3 rings (SSSR count). The maximum atomic E-state index is 13.0. The number of thioether (sulfide) groups is 1. The molecule has 30 heavy (non-hydrogen) atoms. The molecule has 2 aromatic carbocycles. The predicted octanol–water partition coefficient (Wildman–Crippen LogP) is 4.92. The van der Waals surface area contributed by atoms with E-state index in [1.807, 2.05) is 19.2 Å². The van der Waals surface area contributed by atoms with Gasteiger partial charge in [0.25, 0.3) is 0 Å². The van der Waals surface area contributed by atoms with Gasteiger partial charge in [0.05, 0.1) is 10.6 Å². The van der Waals surface area contributed by atoms with Crippen LogP contribution in [0.25, 0.3) is 0 Å². The van der Waals surface area contributed by atoms with Crippen molar-refractivity contribution in [1.29, 1.82) is 0 Å². The van der Waals surface area contributed by atoms with E-state index in [9.17, 15) is 13.2 Å². The van der Waals surface area contributed by atoms with Crippen molar-refractivity contribution in [2.45, 2.75) is 62.3 Å². The monoisotopic (exact) mass is 446 g/mol. The highest BCUT2D eigenvalue weighted by atomic mass is 32.2. The molecule has 0 aliphatic heterocycles. The van der Waals surface area contributed by atoms with Crippen LogP contribution in [0.1, 0.15) is 56.3 Å². The Hall–Kier alpha value is -1.83. The number of amides is 1. The first kappa shape index (κ1) is 22.8. The lowest BCUT2D eigenvalue weighted by atomic mass is 9.89. The Morgan fingerprint density at radius 2 is 1.70 bits per heavy atom. The molecular formula is C23H30N2O3S2. The van der Waals surface area contributed by atoms with Gasteiger partial charge in [-0.3, -0.25) is 4.79 Å². The molecule has 0 saturated carbocycles. The Morgan fingerprint density at radius 3 is 2.37 bits per heavy atom. The summed E-state index contributed by atoms with van der Waals surface area (Å²) < 4.78 is 28.9. The molecule has 5 nitrogen and oxygen atoms in total. The molecule has 1 amide bonds. The number of anilines is 1. The molecule has 1 unspecified atom stereocenters. The van der Waals surface area contributed by atoms with E-state index in [1.165, 1.54) is 41.8 Å². The number of fused-ring (bicyclic) bond motifs is 1. The minimum Gasteiger partial charge on any atom is -0.325 e. The Morgan fingerprint density at radius 1 is 1.00 bits per heavy atom. The molecule has 1 atom stereocenters. The van der Waals surface area contributed by atoms with E-state index < -0.39 is 10.0 Å². The fraction of sp³-hybridized carbons (Fsp3) is 0.435. The molecule has 7 heteroatoms. The van der Waals surface area contributed by atoms with Gasteiger partial charge in [-0.15, -0.1) is 11.8 Å². The lowest BCUT2D eigenvalue weighted by Gasteiger charge is -2.20. The summed E-state index contributed by atoms with van der Waals surface area (Å²) in [5.74, 6) is -0.336. The quantitative estimate of drug-likeness (QED) is 0.592. The summed E-state index contributed by atoms with van der Waals surface area (Å²) in [5, 5.41) is 2.84. The Labute approximate surface area is 184 Å². The van der Waals surface area contributed by atoms with E-state index in [1.54, 1.807) is 26.0 Å². The summed E-state index contributed by atoms with van der Waals surface area (Å²) in [7, 11) is -3.74. The van der Waals surface area contributed by atoms with Gasteiger partial charge in [0.1, 0.15) is 0 Å². The number of carbonyl (C=O) groups is 1. The lowest BCUT2D eigenvalue weighted by molar-refractivity contribution is -0.118. The lowest BCUT2D eigenvalue weighted by Crippen LogP contribution is -2.27. The van der Waals surface area contributed by atoms with Gasteiger partial charge in [-0.25, -0.2) is 13.1 Å². The van der Waals surface area contributed by atoms with Crippen LogP contribution in [0, 0.1) is 5.92 Å². The maximum Gasteiger partial charge on any atom is 0.241 e. The number of hydrogen-bond acceptors (Lipinski definition) is 4. The van der Waals surface area contributed by atoms with Crippen LogP contribution in [0.4, 0.5) is 5.69 Å². The van der Waals surface area contributed by atoms with Crippen LogP contribution in [0.3, 0.4) is 0 Å². The van der Waals surface area contributed by atoms with Gasteiger partial charge in [0.15, 0.2) is 0 Å². The Kier molecular flexibility index (Phi) is 7.26. The number of benzene rings is 2. The molecule has 2 aromatic rings. The Balaban J connectivity index is 1.83. The zero-order valence-electron chi connectivity index (χ0n) is 18.0. The van der Waals surface area contributed by atoms with Crippen molar-refractivity contribution in [1.82, 2.24) is 4.72 Å². The van der Waals surface area contributed by atoms with Crippen LogP contribution >= 0.6 is 11.8 Å². The van der Waals surface area contributed by atoms with E-state index in [-0.39, 0.29) is 22.8 Å². The van der Waals surface area contributed by atoms with Gasteiger partial charge < -0.3 is 5.32 Å². The van der Waals surface area contributed by atoms with E-state index in [0.29, 0.717) is 5.69 Å². The fourth-order valence-electron chi connectivity index (χ4n) is 3.62. The number of sulfonamides is 1. The van der Waals surface area contributed by atoms with Crippen LogP contribution < -0.4 is 10.0 Å². The normalized spacial score (nSPS) is 15.0. The molecule has 0 bridgehead atoms. The van der Waals surface area contributed by atoms with E-state index in [4.69, 9.17) is 0 Å². The minimum absolute atomic E-state index is 0.143. The molecule has 162 valence electrons. The smallest absolute Gasteiger partial charge is 0.241 e. The number of carbonyl (C=O) groups excluding carboxylic acids is 1. The number of rotatable bonds is 7. The Bertz CT molecular complexity index is 1030. The molecule has 0 fully saturated rings. The summed E-state index contributed by atoms with van der Waals surface area (Å²) in [6.07, 6.45) is 6.45. The first-order chi connectivity index (χ1) is 14.2. The highest BCUT2D eigenvalue weighted by Gasteiger charge is 2.21. The van der Waals surface area contributed by atoms with Crippen molar-refractivity contribution < 1.29 is 13.2 Å². The van der Waals surface area contributed by atoms with Crippen LogP contribution in [0.15, 0.2) is 46.2 Å². The van der Waals surface area contributed by atoms with Gasteiger partial charge in [-0.05, 0) is 73.8 Å². The molecule has 0 aromatic heterocycles. The highest BCUT2D eigenvalue weighted by Crippen LogP contribution is 2.30. The summed E-state index contributed by atoms with van der Waals surface area (Å²) in [6.45, 7) is 5.47. The molecule has 0 spiro atoms. The van der Waals surface area contributed by atoms with Crippen molar-refractivity contribution in [3.05, 3.63) is 53.1 Å². The van der Waals surface area contributed by atoms with Crippen LogP contribution in [0.5, 0.6) is 0 Å². The number of aryl methyl sites for hydroxylation is 2. The maximum absolute atomic E-state index is 13.0. The van der Waals surface area contributed by atoms with Crippen molar-refractivity contribution >= 4 is 33.4 Å². The third kappa shape index (κ3) is 5.25. The van der Waals surface area contributed by atoms with E-state index in [2.05, 4.69) is 22.2 Å². The van der Waals surface area contributed by atoms with Crippen molar-refractivity contribution in [3.8, 4) is 0 Å². The van der Waals surface area contributed by atoms with E-state index >= 15 is 0 Å². The van der Waals surface area contributed by atoms with Gasteiger partial charge in [-0.2, -0.15) is 0 Å². The molecule has 0 radical (unpaired) electrons. The first-order valence-corrected chi connectivity index (χ1v) is 13.0. The number of hydrogen-bond donors (Lipinski definition) is 2. The standard InChI is InChI=1S/C23H30N2O3S2/c1-15(2)23(26)24-21-14-20(11-12-22(21)29-4)30(27,28)25-16(3)18-10-9-17-7-5-6-8-19(17)13-18/h9-16,25H,5-8H2,1-4H3,(H,24,26). The zero-order valence-corrected chi connectivity index (χ0v) is 19.6. The summed E-state index contributed by atoms with van der Waals surface area (Å²) in [6, 6.07) is 10.8. The summed E-state index contributed by atoms with van der Waals surface area (Å²) in [5.41, 5.74) is 4.19. The largest absolute Gasteiger partial charge is 0.325 e. The van der Waals surface area contributed by atoms with Gasteiger partial charge >= 0.3 is 0 Å². The SMILES string of the molecule is CSc1ccc(S(=O)(=O)NC(C)c2ccc3c(c2)CCCC3)cc1NC(=O)C(C)C. The second kappa shape index (κ2) is 9.54. The molecular weight excluding hydrogens is 416 g/mol. The molecule has 0 saturated heterocycles. The summed E-state index contributed by atoms with van der Waals surface area (Å²) >= 11 is 1.46. The molecule has 0 heterocycles. The van der Waals surface area contributed by atoms with Crippen LogP contribution in [0.2, 0.25) is 0 Å². The third-order valence-electron chi connectivity index (χ3n) is 5.47. The predicted molar refractivity (Wildman–Crippen MR) is 124 cm³/mol. The fourth-order valence-corrected chi connectivity index (χ4v) is 5.41. The van der Waals surface area contributed by atoms with Crippen molar-refractivity contribution in [2.75, 3.05) is 11.6 Å². The average molecular weight is 447 g/mol. The molecule has 2 N–H and O–H groups in total. The minimum atomic E-state index is -3.74. The van der Waals surface area contributed by atoms with Gasteiger partial charge in [0.2, 0.25) is 15.9 Å². The zero-order chi connectivity index (χ0) is 21.9. The van der Waals surface area contributed by atoms with Crippen molar-refractivity contribution in [3.63, 3.8) is 0 Å². The van der Waals surface area contributed by atoms with Crippen LogP contribution in [-0.4, -0.2) is 20.6 Å². The highest BCUT2D eigenvalue weighted by molar-refractivity contribution is 7.98. The van der Waals surface area contributed by atoms with Gasteiger partial charge in [-0.1, -0.05) is 32.0 Å². The second-order valence-corrected chi connectivity index (χ2v) is 10.6. The second-order valence-electron chi connectivity index (χ2n) is 8.08. The third-order valence-corrected chi connectivity index (χ3v) is 7.80. The van der Waals surface area contributed by atoms with E-state index in [0.717, 1.165) is 23.3 Å². The average Bonchev–Trinajstić information content (AvgIpc) is 2.72. The molecule has 1 aliphatic carbocycles. The molecule has 1 aliphatic rings. The van der Waals surface area contributed by atoms with Crippen molar-refractivity contribution in [2.24, 2.45) is 5.92 Å². The first-order valence-electron chi connectivity index (χ1n) is 10.3. The topological polar surface area (TPSA) is 75.3 Å². The van der Waals surface area contributed by atoms with Gasteiger partial charge in [0, 0.05) is 16.9 Å². The number of nitrogens with one attached hydrogen (secondary N) is 2.